The standard InChI is InChI=1S/C12H10N2O/c15-14-12(10-5-2-1-3-6-10)11-7-4-8-13-9-11/h1-9,15H. The van der Waals surface area contributed by atoms with Crippen molar-refractivity contribution in [2.75, 3.05) is 0 Å². The average Bonchev–Trinajstić information content (AvgIpc) is 2.33. The summed E-state index contributed by atoms with van der Waals surface area (Å²) in [6.07, 6.45) is 3.35. The molecule has 0 saturated carbocycles. The Morgan fingerprint density at radius 3 is 2.33 bits per heavy atom. The molecular formula is C12H10N2O. The Morgan fingerprint density at radius 2 is 1.73 bits per heavy atom. The first-order chi connectivity index (χ1) is 7.42. The Kier molecular flexibility index (Phi) is 2.74. The molecular weight excluding hydrogens is 188 g/mol. The minimum Gasteiger partial charge on any atom is -0.410 e. The summed E-state index contributed by atoms with van der Waals surface area (Å²) >= 11 is 0. The fraction of sp³-hybridized carbons (Fsp3) is 0. The van der Waals surface area contributed by atoms with E-state index in [2.05, 4.69) is 10.1 Å². The molecule has 2 rings (SSSR count). The monoisotopic (exact) mass is 198 g/mol. The van der Waals surface area contributed by atoms with Gasteiger partial charge in [0.15, 0.2) is 0 Å². The van der Waals surface area contributed by atoms with Gasteiger partial charge in [0, 0.05) is 23.5 Å². The van der Waals surface area contributed by atoms with Crippen LogP contribution in [-0.4, -0.2) is 15.9 Å². The lowest BCUT2D eigenvalue weighted by atomic mass is 10.0. The van der Waals surface area contributed by atoms with E-state index in [-0.39, 0.29) is 0 Å². The van der Waals surface area contributed by atoms with Gasteiger partial charge in [-0.1, -0.05) is 35.5 Å². The van der Waals surface area contributed by atoms with Crippen LogP contribution in [0.25, 0.3) is 0 Å². The van der Waals surface area contributed by atoms with Crippen LogP contribution in [0.3, 0.4) is 0 Å². The number of nitrogens with zero attached hydrogens (tertiary/aromatic N) is 2. The molecule has 0 saturated heterocycles. The van der Waals surface area contributed by atoms with Crippen molar-refractivity contribution in [1.82, 2.24) is 4.98 Å². The van der Waals surface area contributed by atoms with Gasteiger partial charge in [-0.15, -0.1) is 0 Å². The van der Waals surface area contributed by atoms with E-state index in [4.69, 9.17) is 5.21 Å². The summed E-state index contributed by atoms with van der Waals surface area (Å²) < 4.78 is 0. The lowest BCUT2D eigenvalue weighted by Gasteiger charge is -2.03. The number of aromatic nitrogens is 1. The van der Waals surface area contributed by atoms with Gasteiger partial charge in [0.2, 0.25) is 0 Å². The summed E-state index contributed by atoms with van der Waals surface area (Å²) in [5, 5.41) is 12.3. The van der Waals surface area contributed by atoms with E-state index >= 15 is 0 Å². The molecule has 0 aliphatic rings. The van der Waals surface area contributed by atoms with Gasteiger partial charge < -0.3 is 5.21 Å². The molecule has 0 aliphatic carbocycles. The summed E-state index contributed by atoms with van der Waals surface area (Å²) in [7, 11) is 0. The Labute approximate surface area is 87.7 Å². The van der Waals surface area contributed by atoms with Gasteiger partial charge in [0.05, 0.1) is 0 Å². The summed E-state index contributed by atoms with van der Waals surface area (Å²) in [5.74, 6) is 0. The van der Waals surface area contributed by atoms with E-state index in [1.165, 1.54) is 0 Å². The SMILES string of the molecule is ON=C(c1ccccc1)c1cccnc1. The topological polar surface area (TPSA) is 45.5 Å². The third-order valence-corrected chi connectivity index (χ3v) is 2.08. The van der Waals surface area contributed by atoms with E-state index in [1.807, 2.05) is 42.5 Å². The van der Waals surface area contributed by atoms with Crippen LogP contribution in [0.5, 0.6) is 0 Å². The highest BCUT2D eigenvalue weighted by atomic mass is 16.4. The van der Waals surface area contributed by atoms with Crippen molar-refractivity contribution < 1.29 is 5.21 Å². The molecule has 0 unspecified atom stereocenters. The molecule has 0 fully saturated rings. The number of oxime groups is 1. The third-order valence-electron chi connectivity index (χ3n) is 2.08. The number of benzene rings is 1. The predicted octanol–water partition coefficient (Wildman–Crippen LogP) is 2.31. The summed E-state index contributed by atoms with van der Waals surface area (Å²) in [4.78, 5) is 3.99. The van der Waals surface area contributed by atoms with Crippen LogP contribution in [0.1, 0.15) is 11.1 Å². The number of pyridine rings is 1. The molecule has 0 bridgehead atoms. The molecule has 0 spiro atoms. The Morgan fingerprint density at radius 1 is 1.00 bits per heavy atom. The zero-order chi connectivity index (χ0) is 10.5. The fourth-order valence-corrected chi connectivity index (χ4v) is 1.38. The molecule has 1 aromatic heterocycles. The first kappa shape index (κ1) is 9.40. The minimum atomic E-state index is 0.531. The van der Waals surface area contributed by atoms with Crippen LogP contribution < -0.4 is 0 Å². The van der Waals surface area contributed by atoms with Crippen molar-refractivity contribution in [2.45, 2.75) is 0 Å². The average molecular weight is 198 g/mol. The van der Waals surface area contributed by atoms with E-state index in [0.717, 1.165) is 11.1 Å². The lowest BCUT2D eigenvalue weighted by Crippen LogP contribution is -2.03. The molecule has 0 atom stereocenters. The number of hydrogen-bond acceptors (Lipinski definition) is 3. The molecule has 1 heterocycles. The Balaban J connectivity index is 2.44. The maximum Gasteiger partial charge on any atom is 0.118 e. The van der Waals surface area contributed by atoms with E-state index in [1.54, 1.807) is 12.4 Å². The van der Waals surface area contributed by atoms with Gasteiger partial charge in [0.1, 0.15) is 5.71 Å². The smallest absolute Gasteiger partial charge is 0.118 e. The molecule has 1 aromatic carbocycles. The largest absolute Gasteiger partial charge is 0.410 e. The highest BCUT2D eigenvalue weighted by molar-refractivity contribution is 6.12. The van der Waals surface area contributed by atoms with Gasteiger partial charge in [-0.3, -0.25) is 4.98 Å². The second kappa shape index (κ2) is 4.37. The van der Waals surface area contributed by atoms with Gasteiger partial charge in [-0.25, -0.2) is 0 Å². The summed E-state index contributed by atoms with van der Waals surface area (Å²) in [5.41, 5.74) is 2.20. The molecule has 0 amide bonds. The van der Waals surface area contributed by atoms with Crippen molar-refractivity contribution in [3.8, 4) is 0 Å². The van der Waals surface area contributed by atoms with Crippen molar-refractivity contribution >= 4 is 5.71 Å². The fourth-order valence-electron chi connectivity index (χ4n) is 1.38. The highest BCUT2D eigenvalue weighted by Gasteiger charge is 2.06. The molecule has 1 N–H and O–H groups in total. The zero-order valence-electron chi connectivity index (χ0n) is 8.04. The predicted molar refractivity (Wildman–Crippen MR) is 58.1 cm³/mol. The maximum atomic E-state index is 8.99. The first-order valence-corrected chi connectivity index (χ1v) is 4.59. The molecule has 3 heteroatoms. The second-order valence-electron chi connectivity index (χ2n) is 3.06. The molecule has 0 aliphatic heterocycles. The molecule has 74 valence electrons. The van der Waals surface area contributed by atoms with E-state index < -0.39 is 0 Å². The molecule has 0 radical (unpaired) electrons. The third kappa shape index (κ3) is 2.02. The highest BCUT2D eigenvalue weighted by Crippen LogP contribution is 2.08. The van der Waals surface area contributed by atoms with Crippen LogP contribution in [-0.2, 0) is 0 Å². The second-order valence-corrected chi connectivity index (χ2v) is 3.06. The van der Waals surface area contributed by atoms with E-state index in [0.29, 0.717) is 5.71 Å². The van der Waals surface area contributed by atoms with Gasteiger partial charge >= 0.3 is 0 Å². The Bertz CT molecular complexity index is 410. The zero-order valence-corrected chi connectivity index (χ0v) is 8.04. The molecule has 2 aromatic rings. The maximum absolute atomic E-state index is 8.99. The van der Waals surface area contributed by atoms with Crippen LogP contribution in [0, 0.1) is 0 Å². The van der Waals surface area contributed by atoms with Crippen LogP contribution in [0.2, 0.25) is 0 Å². The van der Waals surface area contributed by atoms with Crippen LogP contribution in [0.15, 0.2) is 60.0 Å². The number of hydrogen-bond donors (Lipinski definition) is 1. The van der Waals surface area contributed by atoms with Gasteiger partial charge in [-0.2, -0.15) is 0 Å². The Hall–Kier alpha value is -2.16. The van der Waals surface area contributed by atoms with Crippen molar-refractivity contribution in [1.29, 1.82) is 0 Å². The lowest BCUT2D eigenvalue weighted by molar-refractivity contribution is 0.319. The van der Waals surface area contributed by atoms with Crippen LogP contribution in [0.4, 0.5) is 0 Å². The first-order valence-electron chi connectivity index (χ1n) is 4.59. The quantitative estimate of drug-likeness (QED) is 0.457. The molecule has 15 heavy (non-hydrogen) atoms. The minimum absolute atomic E-state index is 0.531. The normalized spacial score (nSPS) is 11.3. The van der Waals surface area contributed by atoms with Crippen molar-refractivity contribution in [3.63, 3.8) is 0 Å². The van der Waals surface area contributed by atoms with Crippen molar-refractivity contribution in [2.24, 2.45) is 5.16 Å². The van der Waals surface area contributed by atoms with Gasteiger partial charge in [-0.05, 0) is 12.1 Å². The van der Waals surface area contributed by atoms with Gasteiger partial charge in [0.25, 0.3) is 0 Å². The van der Waals surface area contributed by atoms with Crippen molar-refractivity contribution in [3.05, 3.63) is 66.0 Å². The summed E-state index contributed by atoms with van der Waals surface area (Å²) in [6, 6.07) is 13.2. The number of rotatable bonds is 2. The summed E-state index contributed by atoms with van der Waals surface area (Å²) in [6.45, 7) is 0. The molecule has 3 nitrogen and oxygen atoms in total. The van der Waals surface area contributed by atoms with E-state index in [9.17, 15) is 0 Å². The van der Waals surface area contributed by atoms with Crippen LogP contribution >= 0.6 is 0 Å².